The molecular weight excluding hydrogens is 515 g/mol. The predicted octanol–water partition coefficient (Wildman–Crippen LogP) is 5.17. The van der Waals surface area contributed by atoms with Gasteiger partial charge in [0.05, 0.1) is 5.56 Å². The van der Waals surface area contributed by atoms with Gasteiger partial charge in [0.1, 0.15) is 19.0 Å². The molecule has 1 heterocycles. The third-order valence-electron chi connectivity index (χ3n) is 6.88. The molecule has 6 heteroatoms. The lowest BCUT2D eigenvalue weighted by atomic mass is 9.37. The Hall–Kier alpha value is -4.68. The minimum absolute atomic E-state index is 0.0254. The van der Waals surface area contributed by atoms with Crippen LogP contribution in [0.5, 0.6) is 5.75 Å². The summed E-state index contributed by atoms with van der Waals surface area (Å²) in [6.45, 7) is 0.469. The molecule has 6 aromatic rings. The van der Waals surface area contributed by atoms with Crippen LogP contribution in [0.2, 0.25) is 0 Å². The first-order valence-corrected chi connectivity index (χ1v) is 13.9. The molecule has 0 radical (unpaired) electrons. The molecule has 6 rings (SSSR count). The maximum atomic E-state index is 12.8. The molecule has 0 spiro atoms. The van der Waals surface area contributed by atoms with E-state index in [2.05, 4.69) is 60.7 Å². The molecule has 1 aromatic heterocycles. The molecule has 0 bridgehead atoms. The van der Waals surface area contributed by atoms with Crippen LogP contribution in [-0.2, 0) is 4.74 Å². The summed E-state index contributed by atoms with van der Waals surface area (Å²) in [7, 11) is 0. The number of hydrogen-bond donors (Lipinski definition) is 0. The minimum atomic E-state index is -0.442. The van der Waals surface area contributed by atoms with Crippen molar-refractivity contribution in [1.29, 1.82) is 0 Å². The van der Waals surface area contributed by atoms with E-state index in [1.807, 2.05) is 48.5 Å². The summed E-state index contributed by atoms with van der Waals surface area (Å²) in [4.78, 5) is 25.5. The van der Waals surface area contributed by atoms with Crippen LogP contribution < -0.4 is 26.6 Å². The van der Waals surface area contributed by atoms with Crippen molar-refractivity contribution in [2.45, 2.75) is 0 Å². The molecule has 0 atom stereocenters. The van der Waals surface area contributed by atoms with Crippen LogP contribution in [0.3, 0.4) is 0 Å². The van der Waals surface area contributed by atoms with Gasteiger partial charge in [-0.15, -0.1) is 11.3 Å². The zero-order valence-corrected chi connectivity index (χ0v) is 22.5. The van der Waals surface area contributed by atoms with Crippen molar-refractivity contribution in [1.82, 2.24) is 0 Å². The Morgan fingerprint density at radius 1 is 0.625 bits per heavy atom. The predicted molar refractivity (Wildman–Crippen MR) is 165 cm³/mol. The van der Waals surface area contributed by atoms with Crippen molar-refractivity contribution in [3.63, 3.8) is 0 Å². The average Bonchev–Trinajstić information content (AvgIpc) is 3.01. The second-order valence-corrected chi connectivity index (χ2v) is 10.5. The van der Waals surface area contributed by atoms with E-state index in [4.69, 9.17) is 9.47 Å². The SMILES string of the molecule is O=C(OCCOc1ccc(B(c2ccccc2)c2ccccc2)cc1)c1ccc2c(=O)c3ccccc3sc2c1. The summed E-state index contributed by atoms with van der Waals surface area (Å²) in [5, 5.41) is 1.30. The number of hydrogen-bond acceptors (Lipinski definition) is 5. The quantitative estimate of drug-likeness (QED) is 0.116. The summed E-state index contributed by atoms with van der Waals surface area (Å²) >= 11 is 1.49. The average molecular weight is 540 g/mol. The highest BCUT2D eigenvalue weighted by Crippen LogP contribution is 2.25. The molecule has 0 N–H and O–H groups in total. The van der Waals surface area contributed by atoms with Gasteiger partial charge in [0.15, 0.2) is 5.43 Å². The van der Waals surface area contributed by atoms with E-state index in [1.54, 1.807) is 18.2 Å². The van der Waals surface area contributed by atoms with E-state index < -0.39 is 5.97 Å². The van der Waals surface area contributed by atoms with Crippen LogP contribution in [-0.4, -0.2) is 25.9 Å². The normalized spacial score (nSPS) is 10.9. The Labute approximate surface area is 236 Å². The van der Waals surface area contributed by atoms with E-state index in [1.165, 1.54) is 27.7 Å². The number of ether oxygens (including phenoxy) is 2. The van der Waals surface area contributed by atoms with Crippen molar-refractivity contribution in [2.75, 3.05) is 13.2 Å². The second-order valence-electron chi connectivity index (χ2n) is 9.45. The number of carbonyl (C=O) groups is 1. The third-order valence-corrected chi connectivity index (χ3v) is 8.01. The van der Waals surface area contributed by atoms with Crippen LogP contribution in [0, 0.1) is 0 Å². The van der Waals surface area contributed by atoms with E-state index in [0.717, 1.165) is 9.40 Å². The first-order chi connectivity index (χ1) is 19.7. The molecule has 0 aliphatic carbocycles. The fourth-order valence-corrected chi connectivity index (χ4v) is 6.04. The molecule has 0 amide bonds. The van der Waals surface area contributed by atoms with Gasteiger partial charge in [-0.25, -0.2) is 4.79 Å². The topological polar surface area (TPSA) is 52.6 Å². The van der Waals surface area contributed by atoms with Crippen LogP contribution in [0.25, 0.3) is 20.2 Å². The first kappa shape index (κ1) is 25.6. The van der Waals surface area contributed by atoms with Crippen LogP contribution in [0.1, 0.15) is 10.4 Å². The fraction of sp³-hybridized carbons (Fsp3) is 0.0588. The second kappa shape index (κ2) is 11.6. The number of fused-ring (bicyclic) bond motifs is 2. The van der Waals surface area contributed by atoms with E-state index >= 15 is 0 Å². The van der Waals surface area contributed by atoms with Gasteiger partial charge in [-0.2, -0.15) is 0 Å². The third kappa shape index (κ3) is 5.40. The maximum absolute atomic E-state index is 12.8. The van der Waals surface area contributed by atoms with Crippen molar-refractivity contribution in [3.05, 3.63) is 143 Å². The van der Waals surface area contributed by atoms with Crippen LogP contribution in [0.4, 0.5) is 0 Å². The molecule has 0 fully saturated rings. The fourth-order valence-electron chi connectivity index (χ4n) is 4.93. The zero-order chi connectivity index (χ0) is 27.3. The monoisotopic (exact) mass is 540 g/mol. The van der Waals surface area contributed by atoms with Gasteiger partial charge in [0.25, 0.3) is 0 Å². The first-order valence-electron chi connectivity index (χ1n) is 13.1. The molecule has 5 aromatic carbocycles. The molecule has 4 nitrogen and oxygen atoms in total. The van der Waals surface area contributed by atoms with Gasteiger partial charge in [-0.3, -0.25) is 4.79 Å². The summed E-state index contributed by atoms with van der Waals surface area (Å²) in [5.74, 6) is 0.268. The molecule has 0 saturated heterocycles. The smallest absolute Gasteiger partial charge is 0.338 e. The number of esters is 1. The Balaban J connectivity index is 1.09. The highest BCUT2D eigenvalue weighted by molar-refractivity contribution is 7.24. The van der Waals surface area contributed by atoms with Gasteiger partial charge in [-0.1, -0.05) is 101 Å². The summed E-state index contributed by atoms with van der Waals surface area (Å²) < 4.78 is 13.0. The molecule has 0 aliphatic heterocycles. The Kier molecular flexibility index (Phi) is 7.42. The Morgan fingerprint density at radius 3 is 1.93 bits per heavy atom. The lowest BCUT2D eigenvalue weighted by molar-refractivity contribution is 0.0450. The lowest BCUT2D eigenvalue weighted by Gasteiger charge is -2.16. The van der Waals surface area contributed by atoms with Gasteiger partial charge in [-0.05, 0) is 42.5 Å². The van der Waals surface area contributed by atoms with Crippen molar-refractivity contribution in [3.8, 4) is 5.75 Å². The maximum Gasteiger partial charge on any atom is 0.338 e. The molecule has 0 saturated carbocycles. The lowest BCUT2D eigenvalue weighted by Crippen LogP contribution is -2.51. The van der Waals surface area contributed by atoms with Crippen molar-refractivity contribution in [2.24, 2.45) is 0 Å². The Morgan fingerprint density at radius 2 is 1.23 bits per heavy atom. The summed E-state index contributed by atoms with van der Waals surface area (Å²) in [6.07, 6.45) is 0. The number of rotatable bonds is 8. The van der Waals surface area contributed by atoms with Crippen molar-refractivity contribution < 1.29 is 14.3 Å². The summed E-state index contributed by atoms with van der Waals surface area (Å²) in [6, 6.07) is 41.5. The molecule has 0 unspecified atom stereocenters. The molecular formula is C34H25BO4S. The highest BCUT2D eigenvalue weighted by atomic mass is 32.1. The van der Waals surface area contributed by atoms with E-state index in [-0.39, 0.29) is 25.4 Å². The Bertz CT molecular complexity index is 1790. The zero-order valence-electron chi connectivity index (χ0n) is 21.7. The number of carbonyl (C=O) groups excluding carboxylic acids is 1. The van der Waals surface area contributed by atoms with Gasteiger partial charge in [0.2, 0.25) is 6.71 Å². The van der Waals surface area contributed by atoms with Crippen LogP contribution >= 0.6 is 11.3 Å². The number of benzene rings is 5. The highest BCUT2D eigenvalue weighted by Gasteiger charge is 2.21. The standard InChI is InChI=1S/C34H25BO4S/c36-33-29-13-7-8-14-31(29)40-32-23-24(15-20-30(32)33)34(37)39-22-21-38-28-18-16-27(17-19-28)35(25-9-3-1-4-10-25)26-11-5-2-6-12-26/h1-20,23H,21-22H2. The van der Waals surface area contributed by atoms with Crippen molar-refractivity contribution >= 4 is 60.6 Å². The molecule has 40 heavy (non-hydrogen) atoms. The molecule has 0 aliphatic rings. The van der Waals surface area contributed by atoms with E-state index in [9.17, 15) is 9.59 Å². The van der Waals surface area contributed by atoms with Crippen LogP contribution in [0.15, 0.2) is 132 Å². The van der Waals surface area contributed by atoms with E-state index in [0.29, 0.717) is 22.1 Å². The molecule has 194 valence electrons. The largest absolute Gasteiger partial charge is 0.490 e. The summed E-state index contributed by atoms with van der Waals surface area (Å²) in [5.41, 5.74) is 4.01. The van der Waals surface area contributed by atoms with Gasteiger partial charge < -0.3 is 9.47 Å². The van der Waals surface area contributed by atoms with Gasteiger partial charge >= 0.3 is 5.97 Å². The van der Waals surface area contributed by atoms with Gasteiger partial charge in [0, 0.05) is 20.2 Å². The minimum Gasteiger partial charge on any atom is -0.490 e.